The second-order valence-corrected chi connectivity index (χ2v) is 4.37. The maximum atomic E-state index is 11.6. The van der Waals surface area contributed by atoms with Crippen molar-refractivity contribution in [3.8, 4) is 0 Å². The summed E-state index contributed by atoms with van der Waals surface area (Å²) < 4.78 is 39.5. The monoisotopic (exact) mass is 311 g/mol. The fourth-order valence-corrected chi connectivity index (χ4v) is 1.48. The minimum Gasteiger partial charge on any atom is -0.313 e. The van der Waals surface area contributed by atoms with Gasteiger partial charge in [0.05, 0.1) is 6.61 Å². The Balaban J connectivity index is 2.07. The maximum Gasteiger partial charge on any atom is 0.522 e. The Labute approximate surface area is 106 Å². The zero-order chi connectivity index (χ0) is 12.7. The van der Waals surface area contributed by atoms with Gasteiger partial charge in [-0.15, -0.1) is 13.2 Å². The van der Waals surface area contributed by atoms with Crippen LogP contribution < -0.4 is 5.32 Å². The second-order valence-electron chi connectivity index (χ2n) is 3.45. The summed E-state index contributed by atoms with van der Waals surface area (Å²) in [6.45, 7) is 0.822. The van der Waals surface area contributed by atoms with Crippen molar-refractivity contribution in [1.29, 1.82) is 0 Å². The number of alkyl halides is 3. The summed E-state index contributed by atoms with van der Waals surface area (Å²) >= 11 is 3.32. The van der Waals surface area contributed by atoms with Crippen molar-refractivity contribution >= 4 is 15.9 Å². The molecule has 1 N–H and O–H groups in total. The Morgan fingerprint density at radius 2 is 1.82 bits per heavy atom. The number of benzene rings is 1. The van der Waals surface area contributed by atoms with Crippen molar-refractivity contribution in [2.75, 3.05) is 13.2 Å². The molecule has 0 heterocycles. The van der Waals surface area contributed by atoms with E-state index in [1.165, 1.54) is 0 Å². The van der Waals surface area contributed by atoms with Crippen molar-refractivity contribution in [3.63, 3.8) is 0 Å². The molecule has 1 aromatic carbocycles. The van der Waals surface area contributed by atoms with Crippen molar-refractivity contribution in [2.45, 2.75) is 19.3 Å². The minimum atomic E-state index is -4.52. The summed E-state index contributed by atoms with van der Waals surface area (Å²) in [6, 6.07) is 7.74. The van der Waals surface area contributed by atoms with Crippen molar-refractivity contribution in [1.82, 2.24) is 5.32 Å². The normalized spacial score (nSPS) is 11.8. The van der Waals surface area contributed by atoms with Crippen LogP contribution in [-0.4, -0.2) is 19.5 Å². The van der Waals surface area contributed by atoms with Gasteiger partial charge in [-0.25, -0.2) is 0 Å². The molecule has 1 rings (SSSR count). The lowest BCUT2D eigenvalue weighted by Crippen LogP contribution is -2.19. The van der Waals surface area contributed by atoms with Gasteiger partial charge in [-0.2, -0.15) is 0 Å². The lowest BCUT2D eigenvalue weighted by molar-refractivity contribution is -0.324. The topological polar surface area (TPSA) is 21.3 Å². The number of ether oxygens (including phenoxy) is 1. The molecule has 17 heavy (non-hydrogen) atoms. The summed E-state index contributed by atoms with van der Waals surface area (Å²) in [7, 11) is 0. The Bertz CT molecular complexity index is 326. The van der Waals surface area contributed by atoms with E-state index in [1.54, 1.807) is 0 Å². The Hall–Kier alpha value is -0.590. The van der Waals surface area contributed by atoms with Gasteiger partial charge in [0, 0.05) is 11.0 Å². The van der Waals surface area contributed by atoms with Gasteiger partial charge in [0.25, 0.3) is 0 Å². The first-order valence-corrected chi connectivity index (χ1v) is 5.92. The molecular formula is C11H13BrF3NO. The quantitative estimate of drug-likeness (QED) is 0.812. The van der Waals surface area contributed by atoms with Gasteiger partial charge < -0.3 is 5.32 Å². The molecule has 0 aliphatic rings. The molecular weight excluding hydrogens is 299 g/mol. The van der Waals surface area contributed by atoms with E-state index in [4.69, 9.17) is 0 Å². The van der Waals surface area contributed by atoms with E-state index < -0.39 is 6.36 Å². The summed E-state index contributed by atoms with van der Waals surface area (Å²) in [5.74, 6) is 0. The molecule has 0 unspecified atom stereocenters. The van der Waals surface area contributed by atoms with Gasteiger partial charge in [-0.05, 0) is 30.7 Å². The third-order valence-electron chi connectivity index (χ3n) is 2.01. The van der Waals surface area contributed by atoms with E-state index in [2.05, 4.69) is 26.0 Å². The van der Waals surface area contributed by atoms with Crippen LogP contribution in [0.4, 0.5) is 13.2 Å². The minimum absolute atomic E-state index is 0.309. The highest BCUT2D eigenvalue weighted by atomic mass is 79.9. The van der Waals surface area contributed by atoms with Crippen LogP contribution in [0.2, 0.25) is 0 Å². The zero-order valence-corrected chi connectivity index (χ0v) is 10.6. The zero-order valence-electron chi connectivity index (χ0n) is 9.06. The average Bonchev–Trinajstić information content (AvgIpc) is 2.24. The summed E-state index contributed by atoms with van der Waals surface area (Å²) in [5.41, 5.74) is 1.09. The van der Waals surface area contributed by atoms with E-state index in [1.807, 2.05) is 24.3 Å². The Morgan fingerprint density at radius 3 is 2.41 bits per heavy atom. The van der Waals surface area contributed by atoms with Crippen LogP contribution in [0.15, 0.2) is 28.7 Å². The predicted octanol–water partition coefficient (Wildman–Crippen LogP) is 3.47. The van der Waals surface area contributed by atoms with Gasteiger partial charge in [0.15, 0.2) is 0 Å². The molecule has 0 saturated carbocycles. The molecule has 1 aromatic rings. The lowest BCUT2D eigenvalue weighted by Gasteiger charge is -2.08. The number of hydrogen-bond donors (Lipinski definition) is 1. The molecule has 0 fully saturated rings. The fraction of sp³-hybridized carbons (Fsp3) is 0.455. The summed E-state index contributed by atoms with van der Waals surface area (Å²) in [6.07, 6.45) is -4.19. The van der Waals surface area contributed by atoms with Gasteiger partial charge in [-0.1, -0.05) is 28.1 Å². The lowest BCUT2D eigenvalue weighted by atomic mass is 10.2. The largest absolute Gasteiger partial charge is 0.522 e. The van der Waals surface area contributed by atoms with Crippen LogP contribution in [0, 0.1) is 0 Å². The molecule has 0 atom stereocenters. The highest BCUT2D eigenvalue weighted by Gasteiger charge is 2.28. The van der Waals surface area contributed by atoms with E-state index in [9.17, 15) is 13.2 Å². The first-order chi connectivity index (χ1) is 7.97. The van der Waals surface area contributed by atoms with Gasteiger partial charge in [0.1, 0.15) is 0 Å². The number of nitrogens with one attached hydrogen (secondary N) is 1. The maximum absolute atomic E-state index is 11.6. The molecule has 0 saturated heterocycles. The molecule has 0 radical (unpaired) electrons. The third kappa shape index (κ3) is 7.36. The molecule has 0 spiro atoms. The van der Waals surface area contributed by atoms with E-state index in [-0.39, 0.29) is 6.61 Å². The highest BCUT2D eigenvalue weighted by Crippen LogP contribution is 2.15. The van der Waals surface area contributed by atoms with Gasteiger partial charge in [0.2, 0.25) is 0 Å². The molecule has 0 aromatic heterocycles. The average molecular weight is 312 g/mol. The van der Waals surface area contributed by atoms with E-state index in [0.717, 1.165) is 10.0 Å². The van der Waals surface area contributed by atoms with Crippen LogP contribution in [0.1, 0.15) is 12.0 Å². The smallest absolute Gasteiger partial charge is 0.313 e. The van der Waals surface area contributed by atoms with Gasteiger partial charge >= 0.3 is 6.36 Å². The Kier molecular flexibility index (Phi) is 5.94. The molecule has 0 aliphatic heterocycles. The number of halogens is 4. The standard InChI is InChI=1S/C11H13BrF3NO/c12-10-4-2-9(3-5-10)8-16-6-1-7-17-11(13,14)15/h2-5,16H,1,6-8H2. The highest BCUT2D eigenvalue weighted by molar-refractivity contribution is 9.10. The number of rotatable bonds is 6. The first-order valence-electron chi connectivity index (χ1n) is 5.13. The van der Waals surface area contributed by atoms with Crippen molar-refractivity contribution in [2.24, 2.45) is 0 Å². The molecule has 2 nitrogen and oxygen atoms in total. The summed E-state index contributed by atoms with van der Waals surface area (Å²) in [4.78, 5) is 0. The van der Waals surface area contributed by atoms with Crippen LogP contribution in [0.5, 0.6) is 0 Å². The van der Waals surface area contributed by atoms with Crippen LogP contribution in [0.25, 0.3) is 0 Å². The van der Waals surface area contributed by atoms with Crippen molar-refractivity contribution < 1.29 is 17.9 Å². The van der Waals surface area contributed by atoms with E-state index >= 15 is 0 Å². The molecule has 6 heteroatoms. The SMILES string of the molecule is FC(F)(F)OCCCNCc1ccc(Br)cc1. The molecule has 0 bridgehead atoms. The van der Waals surface area contributed by atoms with Crippen LogP contribution >= 0.6 is 15.9 Å². The van der Waals surface area contributed by atoms with Crippen molar-refractivity contribution in [3.05, 3.63) is 34.3 Å². The van der Waals surface area contributed by atoms with E-state index in [0.29, 0.717) is 19.5 Å². The molecule has 96 valence electrons. The number of hydrogen-bond acceptors (Lipinski definition) is 2. The summed E-state index contributed by atoms with van der Waals surface area (Å²) in [5, 5.41) is 3.04. The first kappa shape index (κ1) is 14.5. The third-order valence-corrected chi connectivity index (χ3v) is 2.53. The second kappa shape index (κ2) is 6.98. The van der Waals surface area contributed by atoms with Crippen LogP contribution in [-0.2, 0) is 11.3 Å². The Morgan fingerprint density at radius 1 is 1.18 bits per heavy atom. The molecule has 0 amide bonds. The predicted molar refractivity (Wildman–Crippen MR) is 62.5 cm³/mol. The fourth-order valence-electron chi connectivity index (χ4n) is 1.22. The van der Waals surface area contributed by atoms with Crippen LogP contribution in [0.3, 0.4) is 0 Å². The molecule has 0 aliphatic carbocycles. The van der Waals surface area contributed by atoms with Gasteiger partial charge in [-0.3, -0.25) is 4.74 Å².